The zero-order chi connectivity index (χ0) is 10.6. The fourth-order valence-electron chi connectivity index (χ4n) is 1.40. The Kier molecular flexibility index (Phi) is 6.98. The summed E-state index contributed by atoms with van der Waals surface area (Å²) in [7, 11) is 0. The van der Waals surface area contributed by atoms with Gasteiger partial charge in [0.05, 0.1) is 0 Å². The molecule has 86 valence electrons. The Morgan fingerprint density at radius 1 is 1.47 bits per heavy atom. The molecule has 0 radical (unpaired) electrons. The third-order valence-electron chi connectivity index (χ3n) is 2.26. The van der Waals surface area contributed by atoms with Gasteiger partial charge in [-0.15, -0.1) is 12.4 Å². The Hall–Kier alpha value is -0.250. The van der Waals surface area contributed by atoms with E-state index in [9.17, 15) is 5.11 Å². The van der Waals surface area contributed by atoms with Gasteiger partial charge in [-0.2, -0.15) is 0 Å². The van der Waals surface area contributed by atoms with Crippen molar-refractivity contribution >= 4 is 28.3 Å². The lowest BCUT2D eigenvalue weighted by atomic mass is 10.0. The summed E-state index contributed by atoms with van der Waals surface area (Å²) in [6.45, 7) is 2.13. The minimum Gasteiger partial charge on any atom is -0.508 e. The molecule has 0 bridgehead atoms. The van der Waals surface area contributed by atoms with Gasteiger partial charge in [0.25, 0.3) is 0 Å². The van der Waals surface area contributed by atoms with Gasteiger partial charge in [0.1, 0.15) is 5.75 Å². The number of aromatic hydroxyl groups is 1. The number of unbranched alkanes of at least 4 members (excludes halogenated alkanes) is 1. The van der Waals surface area contributed by atoms with Gasteiger partial charge in [0.2, 0.25) is 0 Å². The van der Waals surface area contributed by atoms with Gasteiger partial charge >= 0.3 is 0 Å². The van der Waals surface area contributed by atoms with Gasteiger partial charge in [-0.3, -0.25) is 0 Å². The molecular weight excluding hydrogens is 277 g/mol. The number of benzene rings is 1. The van der Waals surface area contributed by atoms with Gasteiger partial charge < -0.3 is 10.8 Å². The van der Waals surface area contributed by atoms with E-state index >= 15 is 0 Å². The lowest BCUT2D eigenvalue weighted by Crippen LogP contribution is -2.10. The van der Waals surface area contributed by atoms with Crippen molar-refractivity contribution in [3.8, 4) is 5.75 Å². The van der Waals surface area contributed by atoms with Crippen molar-refractivity contribution in [2.24, 2.45) is 5.73 Å². The van der Waals surface area contributed by atoms with Gasteiger partial charge in [-0.25, -0.2) is 0 Å². The van der Waals surface area contributed by atoms with Crippen LogP contribution in [0.15, 0.2) is 22.7 Å². The summed E-state index contributed by atoms with van der Waals surface area (Å²) in [5.41, 5.74) is 6.80. The molecule has 15 heavy (non-hydrogen) atoms. The zero-order valence-electron chi connectivity index (χ0n) is 8.74. The minimum atomic E-state index is -0.0625. The van der Waals surface area contributed by atoms with E-state index in [1.54, 1.807) is 6.07 Å². The van der Waals surface area contributed by atoms with Gasteiger partial charge in [-0.1, -0.05) is 35.7 Å². The maximum Gasteiger partial charge on any atom is 0.120 e. The van der Waals surface area contributed by atoms with E-state index in [0.29, 0.717) is 0 Å². The number of halogens is 2. The summed E-state index contributed by atoms with van der Waals surface area (Å²) >= 11 is 3.37. The number of nitrogens with two attached hydrogens (primary N) is 1. The molecule has 1 atom stereocenters. The summed E-state index contributed by atoms with van der Waals surface area (Å²) in [6, 6.07) is 5.30. The quantitative estimate of drug-likeness (QED) is 0.888. The van der Waals surface area contributed by atoms with E-state index in [1.165, 1.54) is 0 Å². The molecule has 0 heterocycles. The monoisotopic (exact) mass is 293 g/mol. The average Bonchev–Trinajstić information content (AvgIpc) is 2.18. The molecule has 0 amide bonds. The summed E-state index contributed by atoms with van der Waals surface area (Å²) in [4.78, 5) is 0. The molecule has 3 N–H and O–H groups in total. The Balaban J connectivity index is 0.00000196. The van der Waals surface area contributed by atoms with Crippen molar-refractivity contribution in [1.29, 1.82) is 0 Å². The normalized spacial score (nSPS) is 11.9. The van der Waals surface area contributed by atoms with E-state index in [2.05, 4.69) is 22.9 Å². The highest BCUT2D eigenvalue weighted by Crippen LogP contribution is 2.28. The van der Waals surface area contributed by atoms with Crippen molar-refractivity contribution in [3.63, 3.8) is 0 Å². The van der Waals surface area contributed by atoms with Crippen LogP contribution in [0.25, 0.3) is 0 Å². The standard InChI is InChI=1S/C11H16BrNO.ClH/c1-2-3-4-10(13)9-7-8(12)5-6-11(9)14;/h5-7,10,14H,2-4,13H2,1H3;1H/t10-;/m1./s1. The summed E-state index contributed by atoms with van der Waals surface area (Å²) in [5.74, 6) is 0.289. The number of phenols is 1. The highest BCUT2D eigenvalue weighted by molar-refractivity contribution is 9.10. The maximum absolute atomic E-state index is 9.60. The highest BCUT2D eigenvalue weighted by atomic mass is 79.9. The van der Waals surface area contributed by atoms with E-state index in [0.717, 1.165) is 29.3 Å². The van der Waals surface area contributed by atoms with Crippen LogP contribution in [-0.4, -0.2) is 5.11 Å². The molecule has 4 heteroatoms. The summed E-state index contributed by atoms with van der Waals surface area (Å²) in [5, 5.41) is 9.60. The van der Waals surface area contributed by atoms with Gasteiger partial charge in [-0.05, 0) is 24.6 Å². The SMILES string of the molecule is CCCC[C@@H](N)c1cc(Br)ccc1O.Cl. The second-order valence-electron chi connectivity index (χ2n) is 3.45. The van der Waals surface area contributed by atoms with Crippen LogP contribution < -0.4 is 5.73 Å². The molecule has 1 aromatic rings. The third kappa shape index (κ3) is 4.41. The fourth-order valence-corrected chi connectivity index (χ4v) is 1.78. The van der Waals surface area contributed by atoms with Crippen LogP contribution >= 0.6 is 28.3 Å². The van der Waals surface area contributed by atoms with E-state index in [1.807, 2.05) is 12.1 Å². The van der Waals surface area contributed by atoms with Crippen molar-refractivity contribution < 1.29 is 5.11 Å². The molecule has 0 saturated carbocycles. The highest BCUT2D eigenvalue weighted by Gasteiger charge is 2.10. The Bertz CT molecular complexity index is 307. The van der Waals surface area contributed by atoms with Crippen LogP contribution in [0.1, 0.15) is 37.8 Å². The minimum absolute atomic E-state index is 0. The Morgan fingerprint density at radius 2 is 2.13 bits per heavy atom. The van der Waals surface area contributed by atoms with Crippen molar-refractivity contribution in [3.05, 3.63) is 28.2 Å². The third-order valence-corrected chi connectivity index (χ3v) is 2.75. The average molecular weight is 295 g/mol. The predicted octanol–water partition coefficient (Wildman–Crippen LogP) is 3.77. The first-order chi connectivity index (χ1) is 6.65. The topological polar surface area (TPSA) is 46.2 Å². The molecule has 0 spiro atoms. The Labute approximate surface area is 105 Å². The number of hydrogen-bond acceptors (Lipinski definition) is 2. The number of phenolic OH excluding ortho intramolecular Hbond substituents is 1. The first-order valence-electron chi connectivity index (χ1n) is 4.89. The van der Waals surface area contributed by atoms with Crippen molar-refractivity contribution in [1.82, 2.24) is 0 Å². The van der Waals surface area contributed by atoms with Crippen LogP contribution in [0.2, 0.25) is 0 Å². The van der Waals surface area contributed by atoms with E-state index < -0.39 is 0 Å². The van der Waals surface area contributed by atoms with Crippen LogP contribution in [0, 0.1) is 0 Å². The van der Waals surface area contributed by atoms with Crippen LogP contribution in [0.4, 0.5) is 0 Å². The molecule has 0 unspecified atom stereocenters. The Morgan fingerprint density at radius 3 is 2.73 bits per heavy atom. The van der Waals surface area contributed by atoms with Gasteiger partial charge in [0.15, 0.2) is 0 Å². The molecule has 0 aliphatic carbocycles. The predicted molar refractivity (Wildman–Crippen MR) is 69.5 cm³/mol. The smallest absolute Gasteiger partial charge is 0.120 e. The van der Waals surface area contributed by atoms with Gasteiger partial charge in [0, 0.05) is 16.1 Å². The van der Waals surface area contributed by atoms with Crippen molar-refractivity contribution in [2.75, 3.05) is 0 Å². The molecule has 0 saturated heterocycles. The van der Waals surface area contributed by atoms with E-state index in [4.69, 9.17) is 5.73 Å². The van der Waals surface area contributed by atoms with Crippen LogP contribution in [-0.2, 0) is 0 Å². The number of hydrogen-bond donors (Lipinski definition) is 2. The molecule has 0 aromatic heterocycles. The second-order valence-corrected chi connectivity index (χ2v) is 4.37. The van der Waals surface area contributed by atoms with Crippen LogP contribution in [0.3, 0.4) is 0 Å². The molecule has 2 nitrogen and oxygen atoms in total. The fraction of sp³-hybridized carbons (Fsp3) is 0.455. The lowest BCUT2D eigenvalue weighted by Gasteiger charge is -2.13. The maximum atomic E-state index is 9.60. The largest absolute Gasteiger partial charge is 0.508 e. The molecule has 0 fully saturated rings. The molecular formula is C11H17BrClNO. The molecule has 0 aliphatic heterocycles. The second kappa shape index (κ2) is 7.09. The molecule has 1 rings (SSSR count). The van der Waals surface area contributed by atoms with Crippen molar-refractivity contribution in [2.45, 2.75) is 32.2 Å². The summed E-state index contributed by atoms with van der Waals surface area (Å²) in [6.07, 6.45) is 3.14. The number of rotatable bonds is 4. The van der Waals surface area contributed by atoms with E-state index in [-0.39, 0.29) is 24.2 Å². The first kappa shape index (κ1) is 14.8. The summed E-state index contributed by atoms with van der Waals surface area (Å²) < 4.78 is 0.956. The zero-order valence-corrected chi connectivity index (χ0v) is 11.1. The molecule has 0 aliphatic rings. The molecule has 1 aromatic carbocycles. The first-order valence-corrected chi connectivity index (χ1v) is 5.68. The van der Waals surface area contributed by atoms with Crippen LogP contribution in [0.5, 0.6) is 5.75 Å². The lowest BCUT2D eigenvalue weighted by molar-refractivity contribution is 0.456.